The van der Waals surface area contributed by atoms with Crippen LogP contribution in [0.3, 0.4) is 0 Å². The second-order valence-corrected chi connectivity index (χ2v) is 5.81. The molecule has 0 amide bonds. The Morgan fingerprint density at radius 3 is 2.72 bits per heavy atom. The molecule has 0 unspecified atom stereocenters. The standard InChI is InChI=1S/C20H16N2O7/c1-27-19-9-13(11-21-14-3-2-4-15(10-14)22(25)26)5-7-17(19)28-12-16-6-8-18(29-16)20(23)24/h2-11H,12H2,1H3,(H,23,24). The van der Waals surface area contributed by atoms with Crippen molar-refractivity contribution in [2.45, 2.75) is 6.61 Å². The van der Waals surface area contributed by atoms with Crippen molar-refractivity contribution in [2.75, 3.05) is 7.11 Å². The fourth-order valence-corrected chi connectivity index (χ4v) is 2.44. The summed E-state index contributed by atoms with van der Waals surface area (Å²) in [7, 11) is 1.49. The van der Waals surface area contributed by atoms with Crippen LogP contribution in [0.1, 0.15) is 21.9 Å². The summed E-state index contributed by atoms with van der Waals surface area (Å²) in [6.45, 7) is 0.0325. The lowest BCUT2D eigenvalue weighted by molar-refractivity contribution is -0.384. The summed E-state index contributed by atoms with van der Waals surface area (Å²) in [6.07, 6.45) is 1.55. The Hall–Kier alpha value is -4.14. The van der Waals surface area contributed by atoms with Crippen molar-refractivity contribution >= 4 is 23.6 Å². The number of nitrogens with zero attached hydrogens (tertiary/aromatic N) is 2. The molecule has 0 atom stereocenters. The summed E-state index contributed by atoms with van der Waals surface area (Å²) < 4.78 is 16.1. The third kappa shape index (κ3) is 4.98. The molecule has 0 saturated heterocycles. The van der Waals surface area contributed by atoms with Gasteiger partial charge in [0, 0.05) is 18.3 Å². The van der Waals surface area contributed by atoms with Crippen LogP contribution in [0.25, 0.3) is 0 Å². The highest BCUT2D eigenvalue weighted by atomic mass is 16.6. The second-order valence-electron chi connectivity index (χ2n) is 5.81. The molecule has 3 rings (SSSR count). The molecule has 1 heterocycles. The minimum Gasteiger partial charge on any atom is -0.493 e. The maximum atomic E-state index is 10.8. The Balaban J connectivity index is 1.71. The van der Waals surface area contributed by atoms with E-state index in [0.717, 1.165) is 0 Å². The quantitative estimate of drug-likeness (QED) is 0.343. The Morgan fingerprint density at radius 2 is 2.03 bits per heavy atom. The third-order valence-corrected chi connectivity index (χ3v) is 3.83. The number of aliphatic imine (C=N–C) groups is 1. The number of nitro benzene ring substituents is 1. The molecule has 0 aliphatic heterocycles. The minimum absolute atomic E-state index is 0.0325. The molecule has 0 radical (unpaired) electrons. The van der Waals surface area contributed by atoms with Crippen molar-refractivity contribution in [1.82, 2.24) is 0 Å². The zero-order valence-electron chi connectivity index (χ0n) is 15.3. The number of non-ortho nitro benzene ring substituents is 1. The van der Waals surface area contributed by atoms with E-state index in [2.05, 4.69) is 4.99 Å². The van der Waals surface area contributed by atoms with Crippen molar-refractivity contribution in [3.8, 4) is 11.5 Å². The van der Waals surface area contributed by atoms with Crippen molar-refractivity contribution in [2.24, 2.45) is 4.99 Å². The monoisotopic (exact) mass is 396 g/mol. The van der Waals surface area contributed by atoms with Crippen LogP contribution in [0.15, 0.2) is 64.0 Å². The number of carboxylic acid groups (broad SMARTS) is 1. The predicted molar refractivity (Wildman–Crippen MR) is 103 cm³/mol. The summed E-state index contributed by atoms with van der Waals surface area (Å²) >= 11 is 0. The molecule has 0 bridgehead atoms. The van der Waals surface area contributed by atoms with Crippen LogP contribution in [-0.4, -0.2) is 29.3 Å². The maximum Gasteiger partial charge on any atom is 0.371 e. The average Bonchev–Trinajstić information content (AvgIpc) is 3.20. The highest BCUT2D eigenvalue weighted by Crippen LogP contribution is 2.29. The number of ether oxygens (including phenoxy) is 2. The van der Waals surface area contributed by atoms with Gasteiger partial charge in [-0.1, -0.05) is 6.07 Å². The predicted octanol–water partition coefficient (Wildman–Crippen LogP) is 4.22. The van der Waals surface area contributed by atoms with Crippen LogP contribution >= 0.6 is 0 Å². The Morgan fingerprint density at radius 1 is 1.21 bits per heavy atom. The molecule has 0 spiro atoms. The molecule has 148 valence electrons. The minimum atomic E-state index is -1.15. The van der Waals surface area contributed by atoms with Gasteiger partial charge in [0.05, 0.1) is 17.7 Å². The number of rotatable bonds is 8. The van der Waals surface area contributed by atoms with E-state index < -0.39 is 10.9 Å². The number of methoxy groups -OCH3 is 1. The van der Waals surface area contributed by atoms with E-state index >= 15 is 0 Å². The zero-order chi connectivity index (χ0) is 20.8. The van der Waals surface area contributed by atoms with Crippen molar-refractivity contribution in [3.63, 3.8) is 0 Å². The van der Waals surface area contributed by atoms with Crippen LogP contribution in [0, 0.1) is 10.1 Å². The number of benzene rings is 2. The van der Waals surface area contributed by atoms with Gasteiger partial charge in [-0.25, -0.2) is 4.79 Å². The Labute approximate surface area is 165 Å². The van der Waals surface area contributed by atoms with Crippen molar-refractivity contribution in [1.29, 1.82) is 0 Å². The molecule has 3 aromatic rings. The van der Waals surface area contributed by atoms with E-state index in [-0.39, 0.29) is 18.1 Å². The number of hydrogen-bond donors (Lipinski definition) is 1. The van der Waals surface area contributed by atoms with E-state index in [9.17, 15) is 14.9 Å². The number of hydrogen-bond acceptors (Lipinski definition) is 7. The van der Waals surface area contributed by atoms with Gasteiger partial charge in [0.25, 0.3) is 5.69 Å². The lowest BCUT2D eigenvalue weighted by Gasteiger charge is -2.10. The van der Waals surface area contributed by atoms with E-state index in [1.54, 1.807) is 36.5 Å². The van der Waals surface area contributed by atoms with Gasteiger partial charge < -0.3 is 19.0 Å². The van der Waals surface area contributed by atoms with Gasteiger partial charge in [-0.3, -0.25) is 15.1 Å². The molecule has 1 aromatic heterocycles. The molecule has 29 heavy (non-hydrogen) atoms. The van der Waals surface area contributed by atoms with Gasteiger partial charge in [-0.15, -0.1) is 0 Å². The largest absolute Gasteiger partial charge is 0.493 e. The first-order chi connectivity index (χ1) is 14.0. The van der Waals surface area contributed by atoms with Crippen LogP contribution < -0.4 is 9.47 Å². The number of carbonyl (C=O) groups is 1. The Kier molecular flexibility index (Phi) is 5.88. The zero-order valence-corrected chi connectivity index (χ0v) is 15.3. The van der Waals surface area contributed by atoms with Crippen LogP contribution in [0.4, 0.5) is 11.4 Å². The molecule has 9 heteroatoms. The molecule has 0 aliphatic carbocycles. The van der Waals surface area contributed by atoms with Crippen molar-refractivity contribution in [3.05, 3.63) is 81.8 Å². The van der Waals surface area contributed by atoms with E-state index in [1.807, 2.05) is 0 Å². The summed E-state index contributed by atoms with van der Waals surface area (Å²) in [5.41, 5.74) is 1.11. The van der Waals surface area contributed by atoms with Crippen LogP contribution in [-0.2, 0) is 6.61 Å². The molecule has 2 aromatic carbocycles. The number of nitro groups is 1. The SMILES string of the molecule is COc1cc(C=Nc2cccc([N+](=O)[O-])c2)ccc1OCc1ccc(C(=O)O)o1. The van der Waals surface area contributed by atoms with Gasteiger partial charge in [-0.2, -0.15) is 0 Å². The van der Waals surface area contributed by atoms with Crippen molar-refractivity contribution < 1.29 is 28.7 Å². The molecule has 0 aliphatic rings. The Bertz CT molecular complexity index is 1070. The normalized spacial score (nSPS) is 10.8. The second kappa shape index (κ2) is 8.70. The first-order valence-electron chi connectivity index (χ1n) is 8.37. The van der Waals surface area contributed by atoms with Gasteiger partial charge in [-0.05, 0) is 42.0 Å². The molecule has 9 nitrogen and oxygen atoms in total. The van der Waals surface area contributed by atoms with Gasteiger partial charge in [0.15, 0.2) is 11.5 Å². The summed E-state index contributed by atoms with van der Waals surface area (Å²) in [5, 5.41) is 19.7. The summed E-state index contributed by atoms with van der Waals surface area (Å²) in [5.74, 6) is -0.0727. The lowest BCUT2D eigenvalue weighted by atomic mass is 10.2. The maximum absolute atomic E-state index is 10.8. The van der Waals surface area contributed by atoms with E-state index in [0.29, 0.717) is 28.5 Å². The molecular formula is C20H16N2O7. The van der Waals surface area contributed by atoms with Crippen LogP contribution in [0.5, 0.6) is 11.5 Å². The van der Waals surface area contributed by atoms with Gasteiger partial charge in [0.2, 0.25) is 5.76 Å². The average molecular weight is 396 g/mol. The summed E-state index contributed by atoms with van der Waals surface area (Å²) in [6, 6.07) is 14.0. The molecule has 1 N–H and O–H groups in total. The summed E-state index contributed by atoms with van der Waals surface area (Å²) in [4.78, 5) is 25.4. The highest BCUT2D eigenvalue weighted by Gasteiger charge is 2.11. The smallest absolute Gasteiger partial charge is 0.371 e. The van der Waals surface area contributed by atoms with Crippen LogP contribution in [0.2, 0.25) is 0 Å². The highest BCUT2D eigenvalue weighted by molar-refractivity contribution is 5.84. The first kappa shape index (κ1) is 19.6. The van der Waals surface area contributed by atoms with Gasteiger partial charge >= 0.3 is 5.97 Å². The first-order valence-corrected chi connectivity index (χ1v) is 8.37. The number of furan rings is 1. The number of aromatic carboxylic acids is 1. The van der Waals surface area contributed by atoms with E-state index in [1.165, 1.54) is 31.4 Å². The van der Waals surface area contributed by atoms with Gasteiger partial charge in [0.1, 0.15) is 12.4 Å². The third-order valence-electron chi connectivity index (χ3n) is 3.83. The molecule has 0 saturated carbocycles. The number of carboxylic acids is 1. The fourth-order valence-electron chi connectivity index (χ4n) is 2.44. The lowest BCUT2D eigenvalue weighted by Crippen LogP contribution is -1.98. The molecular weight excluding hydrogens is 380 g/mol. The van der Waals surface area contributed by atoms with E-state index in [4.69, 9.17) is 19.0 Å². The topological polar surface area (TPSA) is 124 Å². The molecule has 0 fully saturated rings. The fraction of sp³-hybridized carbons (Fsp3) is 0.100.